The fourth-order valence-corrected chi connectivity index (χ4v) is 2.74. The van der Waals surface area contributed by atoms with Gasteiger partial charge in [-0.2, -0.15) is 5.10 Å². The first-order valence-electron chi connectivity index (χ1n) is 6.37. The molecule has 1 aliphatic rings. The van der Waals surface area contributed by atoms with E-state index >= 15 is 0 Å². The Morgan fingerprint density at radius 2 is 2.22 bits per heavy atom. The molecular formula is C14H16ClN3. The molecule has 1 saturated heterocycles. The van der Waals surface area contributed by atoms with Crippen LogP contribution < -0.4 is 5.32 Å². The molecule has 1 aromatic carbocycles. The van der Waals surface area contributed by atoms with E-state index < -0.39 is 0 Å². The van der Waals surface area contributed by atoms with Gasteiger partial charge in [-0.05, 0) is 37.1 Å². The topological polar surface area (TPSA) is 40.7 Å². The number of aromatic amines is 1. The molecule has 0 spiro atoms. The fourth-order valence-electron chi connectivity index (χ4n) is 2.55. The number of hydrogen-bond acceptors (Lipinski definition) is 2. The minimum absolute atomic E-state index is 0.384. The molecule has 0 saturated carbocycles. The van der Waals surface area contributed by atoms with Crippen molar-refractivity contribution in [3.63, 3.8) is 0 Å². The van der Waals surface area contributed by atoms with Crippen LogP contribution in [0.2, 0.25) is 5.02 Å². The van der Waals surface area contributed by atoms with E-state index in [2.05, 4.69) is 21.6 Å². The minimum Gasteiger partial charge on any atom is -0.309 e. The lowest BCUT2D eigenvalue weighted by Crippen LogP contribution is -2.27. The molecule has 18 heavy (non-hydrogen) atoms. The van der Waals surface area contributed by atoms with Gasteiger partial charge in [0.2, 0.25) is 0 Å². The number of benzene rings is 1. The van der Waals surface area contributed by atoms with Crippen molar-refractivity contribution in [1.82, 2.24) is 15.5 Å². The Morgan fingerprint density at radius 1 is 1.28 bits per heavy atom. The lowest BCUT2D eigenvalue weighted by molar-refractivity contribution is 0.405. The van der Waals surface area contributed by atoms with Gasteiger partial charge in [0, 0.05) is 16.6 Å². The smallest absolute Gasteiger partial charge is 0.0599 e. The van der Waals surface area contributed by atoms with Gasteiger partial charge in [0.05, 0.1) is 11.9 Å². The molecule has 2 N–H and O–H groups in total. The lowest BCUT2D eigenvalue weighted by Gasteiger charge is -2.23. The van der Waals surface area contributed by atoms with Crippen LogP contribution in [0.3, 0.4) is 0 Å². The fraction of sp³-hybridized carbons (Fsp3) is 0.357. The summed E-state index contributed by atoms with van der Waals surface area (Å²) >= 11 is 6.05. The van der Waals surface area contributed by atoms with Crippen molar-refractivity contribution in [2.24, 2.45) is 0 Å². The predicted octanol–water partition coefficient (Wildman–Crippen LogP) is 3.54. The maximum absolute atomic E-state index is 6.05. The van der Waals surface area contributed by atoms with Gasteiger partial charge in [-0.25, -0.2) is 0 Å². The van der Waals surface area contributed by atoms with Gasteiger partial charge in [0.25, 0.3) is 0 Å². The van der Waals surface area contributed by atoms with Gasteiger partial charge in [-0.3, -0.25) is 5.10 Å². The largest absolute Gasteiger partial charge is 0.309 e. The third-order valence-electron chi connectivity index (χ3n) is 3.46. The summed E-state index contributed by atoms with van der Waals surface area (Å²) in [6, 6.07) is 8.31. The monoisotopic (exact) mass is 261 g/mol. The highest BCUT2D eigenvalue weighted by atomic mass is 35.5. The van der Waals surface area contributed by atoms with Crippen molar-refractivity contribution < 1.29 is 0 Å². The van der Waals surface area contributed by atoms with E-state index in [4.69, 9.17) is 11.6 Å². The molecule has 0 aliphatic carbocycles. The molecule has 3 nitrogen and oxygen atoms in total. The Labute approximate surface area is 112 Å². The van der Waals surface area contributed by atoms with Crippen LogP contribution in [-0.2, 0) is 0 Å². The van der Waals surface area contributed by atoms with Crippen molar-refractivity contribution in [3.8, 4) is 11.1 Å². The number of halogens is 1. The van der Waals surface area contributed by atoms with Gasteiger partial charge in [0.1, 0.15) is 0 Å². The predicted molar refractivity (Wildman–Crippen MR) is 73.6 cm³/mol. The van der Waals surface area contributed by atoms with Crippen molar-refractivity contribution in [2.45, 2.75) is 25.3 Å². The maximum Gasteiger partial charge on any atom is 0.0599 e. The highest BCUT2D eigenvalue weighted by Gasteiger charge is 2.20. The van der Waals surface area contributed by atoms with Gasteiger partial charge in [0.15, 0.2) is 0 Å². The molecule has 1 atom stereocenters. The zero-order valence-corrected chi connectivity index (χ0v) is 10.9. The van der Waals surface area contributed by atoms with Crippen molar-refractivity contribution in [1.29, 1.82) is 0 Å². The number of hydrogen-bond donors (Lipinski definition) is 2. The molecule has 4 heteroatoms. The number of nitrogens with zero attached hydrogens (tertiary/aromatic N) is 1. The Bertz CT molecular complexity index is 529. The molecule has 1 unspecified atom stereocenters. The SMILES string of the molecule is Clc1cccc(-c2cn[nH]c2C2CCCCN2)c1. The van der Waals surface area contributed by atoms with Crippen LogP contribution in [0, 0.1) is 0 Å². The molecule has 0 amide bonds. The summed E-state index contributed by atoms with van der Waals surface area (Å²) in [4.78, 5) is 0. The average Bonchev–Trinajstić information content (AvgIpc) is 2.89. The third kappa shape index (κ3) is 2.28. The van der Waals surface area contributed by atoms with Crippen LogP contribution in [0.5, 0.6) is 0 Å². The molecule has 1 fully saturated rings. The molecule has 0 radical (unpaired) electrons. The number of nitrogens with one attached hydrogen (secondary N) is 2. The van der Waals surface area contributed by atoms with E-state index in [9.17, 15) is 0 Å². The Balaban J connectivity index is 1.95. The summed E-state index contributed by atoms with van der Waals surface area (Å²) in [6.07, 6.45) is 5.58. The number of aromatic nitrogens is 2. The molecular weight excluding hydrogens is 246 g/mol. The second kappa shape index (κ2) is 5.12. The Hall–Kier alpha value is -1.32. The van der Waals surface area contributed by atoms with Crippen molar-refractivity contribution in [3.05, 3.63) is 41.2 Å². The number of H-pyrrole nitrogens is 1. The molecule has 3 rings (SSSR count). The Kier molecular flexibility index (Phi) is 3.35. The van der Waals surface area contributed by atoms with Crippen LogP contribution in [0.4, 0.5) is 0 Å². The van der Waals surface area contributed by atoms with Gasteiger partial charge >= 0.3 is 0 Å². The first-order chi connectivity index (χ1) is 8.84. The number of piperidine rings is 1. The minimum atomic E-state index is 0.384. The standard InChI is InChI=1S/C14H16ClN3/c15-11-5-3-4-10(8-11)12-9-17-18-14(12)13-6-1-2-7-16-13/h3-5,8-9,13,16H,1-2,6-7H2,(H,17,18). The summed E-state index contributed by atoms with van der Waals surface area (Å²) in [7, 11) is 0. The zero-order valence-electron chi connectivity index (χ0n) is 10.1. The second-order valence-electron chi connectivity index (χ2n) is 4.71. The summed E-state index contributed by atoms with van der Waals surface area (Å²) < 4.78 is 0. The van der Waals surface area contributed by atoms with Gasteiger partial charge < -0.3 is 5.32 Å². The summed E-state index contributed by atoms with van der Waals surface area (Å²) in [6.45, 7) is 1.08. The van der Waals surface area contributed by atoms with Crippen molar-refractivity contribution >= 4 is 11.6 Å². The third-order valence-corrected chi connectivity index (χ3v) is 3.70. The van der Waals surface area contributed by atoms with E-state index in [1.807, 2.05) is 24.4 Å². The first kappa shape index (κ1) is 11.8. The van der Waals surface area contributed by atoms with Crippen molar-refractivity contribution in [2.75, 3.05) is 6.54 Å². The highest BCUT2D eigenvalue weighted by molar-refractivity contribution is 6.30. The Morgan fingerprint density at radius 3 is 3.00 bits per heavy atom. The molecule has 2 aromatic rings. The maximum atomic E-state index is 6.05. The van der Waals surface area contributed by atoms with Crippen LogP contribution >= 0.6 is 11.6 Å². The summed E-state index contributed by atoms with van der Waals surface area (Å²) in [5.41, 5.74) is 3.45. The molecule has 2 heterocycles. The average molecular weight is 262 g/mol. The second-order valence-corrected chi connectivity index (χ2v) is 5.15. The quantitative estimate of drug-likeness (QED) is 0.868. The molecule has 1 aliphatic heterocycles. The van der Waals surface area contributed by atoms with E-state index in [1.165, 1.54) is 18.5 Å². The van der Waals surface area contributed by atoms with Crippen LogP contribution in [-0.4, -0.2) is 16.7 Å². The number of rotatable bonds is 2. The van der Waals surface area contributed by atoms with Gasteiger partial charge in [-0.1, -0.05) is 30.2 Å². The van der Waals surface area contributed by atoms with Crippen LogP contribution in [0.15, 0.2) is 30.5 Å². The highest BCUT2D eigenvalue weighted by Crippen LogP contribution is 2.31. The normalized spacial score (nSPS) is 19.9. The van der Waals surface area contributed by atoms with E-state index in [-0.39, 0.29) is 0 Å². The van der Waals surface area contributed by atoms with Crippen LogP contribution in [0.1, 0.15) is 31.0 Å². The summed E-state index contributed by atoms with van der Waals surface area (Å²) in [5.74, 6) is 0. The molecule has 94 valence electrons. The lowest BCUT2D eigenvalue weighted by atomic mass is 9.96. The van der Waals surface area contributed by atoms with E-state index in [1.54, 1.807) is 0 Å². The van der Waals surface area contributed by atoms with E-state index in [0.29, 0.717) is 6.04 Å². The summed E-state index contributed by atoms with van der Waals surface area (Å²) in [5, 5.41) is 11.6. The molecule has 0 bridgehead atoms. The van der Waals surface area contributed by atoms with Crippen LogP contribution in [0.25, 0.3) is 11.1 Å². The van der Waals surface area contributed by atoms with Gasteiger partial charge in [-0.15, -0.1) is 0 Å². The zero-order chi connectivity index (χ0) is 12.4. The van der Waals surface area contributed by atoms with E-state index in [0.717, 1.165) is 29.1 Å². The first-order valence-corrected chi connectivity index (χ1v) is 6.75. The molecule has 1 aromatic heterocycles.